The van der Waals surface area contributed by atoms with Crippen LogP contribution in [0, 0.1) is 0 Å². The number of nitrogens with zero attached hydrogens (tertiary/aromatic N) is 4. The summed E-state index contributed by atoms with van der Waals surface area (Å²) in [6, 6.07) is 24.9. The van der Waals surface area contributed by atoms with E-state index in [0.29, 0.717) is 6.61 Å². The average Bonchev–Trinajstić information content (AvgIpc) is 2.92. The smallest absolute Gasteiger partial charge is 0.117 e. The summed E-state index contributed by atoms with van der Waals surface area (Å²) >= 11 is 0. The van der Waals surface area contributed by atoms with Crippen molar-refractivity contribution < 1.29 is 9.68 Å². The third kappa shape index (κ3) is 5.13. The number of fused-ring (bicyclic) bond motifs is 2. The van der Waals surface area contributed by atoms with Crippen LogP contribution < -0.4 is 0 Å². The number of para-hydroxylation sites is 1. The van der Waals surface area contributed by atoms with Crippen molar-refractivity contribution in [1.82, 2.24) is 9.97 Å². The highest BCUT2D eigenvalue weighted by atomic mass is 16.6. The summed E-state index contributed by atoms with van der Waals surface area (Å²) in [6.45, 7) is 2.41. The van der Waals surface area contributed by atoms with Gasteiger partial charge in [0.05, 0.1) is 16.9 Å². The van der Waals surface area contributed by atoms with Crippen molar-refractivity contribution in [3.63, 3.8) is 0 Å². The van der Waals surface area contributed by atoms with Gasteiger partial charge < -0.3 is 9.68 Å². The Kier molecular flexibility index (Phi) is 7.31. The fourth-order valence-electron chi connectivity index (χ4n) is 4.75. The van der Waals surface area contributed by atoms with Crippen LogP contribution in [-0.4, -0.2) is 35.1 Å². The van der Waals surface area contributed by atoms with Crippen LogP contribution in [0.25, 0.3) is 22.0 Å². The van der Waals surface area contributed by atoms with Gasteiger partial charge in [0.1, 0.15) is 25.1 Å². The van der Waals surface area contributed by atoms with Crippen LogP contribution >= 0.6 is 0 Å². The number of pyridine rings is 2. The first kappa shape index (κ1) is 23.7. The summed E-state index contributed by atoms with van der Waals surface area (Å²) < 4.78 is 0. The van der Waals surface area contributed by atoms with E-state index in [-0.39, 0.29) is 0 Å². The summed E-state index contributed by atoms with van der Waals surface area (Å²) in [5, 5.41) is 9.72. The molecule has 0 fully saturated rings. The maximum absolute atomic E-state index is 5.80. The first-order valence-corrected chi connectivity index (χ1v) is 12.4. The van der Waals surface area contributed by atoms with E-state index in [1.54, 1.807) is 0 Å². The van der Waals surface area contributed by atoms with Crippen LogP contribution in [0.15, 0.2) is 83.1 Å². The molecule has 36 heavy (non-hydrogen) atoms. The highest BCUT2D eigenvalue weighted by Gasteiger charge is 2.23. The Morgan fingerprint density at radius 1 is 0.917 bits per heavy atom. The highest BCUT2D eigenvalue weighted by molar-refractivity contribution is 6.07. The van der Waals surface area contributed by atoms with Gasteiger partial charge in [-0.2, -0.15) is 0 Å². The number of rotatable bonds is 8. The monoisotopic (exact) mass is 478 g/mol. The molecule has 0 N–H and O–H groups in total. The Balaban J connectivity index is 1.33. The SMILES string of the molecule is CO/N=C(\C)c1cccc(CCCO/N=C2\CCCc3c2nc2ccccc2c3-c2ccccc2)n1. The van der Waals surface area contributed by atoms with E-state index in [9.17, 15) is 0 Å². The highest BCUT2D eigenvalue weighted by Crippen LogP contribution is 2.36. The number of hydrogen-bond acceptors (Lipinski definition) is 6. The molecule has 1 aliphatic rings. The van der Waals surface area contributed by atoms with Gasteiger partial charge in [0.2, 0.25) is 0 Å². The van der Waals surface area contributed by atoms with E-state index in [1.807, 2.05) is 31.2 Å². The maximum Gasteiger partial charge on any atom is 0.117 e. The largest absolute Gasteiger partial charge is 0.399 e. The molecular weight excluding hydrogens is 448 g/mol. The zero-order chi connectivity index (χ0) is 24.7. The van der Waals surface area contributed by atoms with Crippen molar-refractivity contribution in [2.45, 2.75) is 39.0 Å². The molecule has 0 amide bonds. The molecule has 2 aromatic heterocycles. The third-order valence-corrected chi connectivity index (χ3v) is 6.42. The lowest BCUT2D eigenvalue weighted by Gasteiger charge is -2.22. The van der Waals surface area contributed by atoms with Gasteiger partial charge in [-0.05, 0) is 73.9 Å². The Morgan fingerprint density at radius 3 is 2.61 bits per heavy atom. The molecule has 1 aliphatic carbocycles. The van der Waals surface area contributed by atoms with Crippen LogP contribution in [0.4, 0.5) is 0 Å². The second kappa shape index (κ2) is 11.1. The molecule has 2 heterocycles. The normalized spacial score (nSPS) is 14.6. The van der Waals surface area contributed by atoms with Crippen molar-refractivity contribution in [2.24, 2.45) is 10.3 Å². The zero-order valence-corrected chi connectivity index (χ0v) is 20.8. The molecule has 0 aliphatic heterocycles. The maximum atomic E-state index is 5.80. The summed E-state index contributed by atoms with van der Waals surface area (Å²) in [5.41, 5.74) is 9.22. The molecule has 0 saturated heterocycles. The molecule has 6 heteroatoms. The quantitative estimate of drug-likeness (QED) is 0.168. The minimum atomic E-state index is 0.523. The fraction of sp³-hybridized carbons (Fsp3) is 0.267. The van der Waals surface area contributed by atoms with Crippen molar-refractivity contribution in [2.75, 3.05) is 13.7 Å². The predicted octanol–water partition coefficient (Wildman–Crippen LogP) is 6.36. The lowest BCUT2D eigenvalue weighted by atomic mass is 9.86. The molecule has 0 radical (unpaired) electrons. The van der Waals surface area contributed by atoms with Gasteiger partial charge in [-0.25, -0.2) is 4.98 Å². The Labute approximate surface area is 211 Å². The van der Waals surface area contributed by atoms with Crippen LogP contribution in [0.3, 0.4) is 0 Å². The first-order chi connectivity index (χ1) is 17.7. The molecule has 6 nitrogen and oxygen atoms in total. The van der Waals surface area contributed by atoms with Gasteiger partial charge >= 0.3 is 0 Å². The topological polar surface area (TPSA) is 69.0 Å². The van der Waals surface area contributed by atoms with E-state index in [4.69, 9.17) is 14.7 Å². The molecular formula is C30H30N4O2. The average molecular weight is 479 g/mol. The van der Waals surface area contributed by atoms with E-state index < -0.39 is 0 Å². The van der Waals surface area contributed by atoms with E-state index in [0.717, 1.165) is 66.1 Å². The summed E-state index contributed by atoms with van der Waals surface area (Å²) in [6.07, 6.45) is 4.52. The molecule has 4 aromatic rings. The standard InChI is InChI=1S/C30H30N4O2/c1-21(33-35-2)26-18-8-13-23(31-26)14-10-20-36-34-28-19-9-16-25-29(22-11-4-3-5-12-22)24-15-6-7-17-27(24)32-30(25)28/h3-8,11-13,15,17-18H,9-10,14,16,19-20H2,1-2H3/b33-21+,34-28+. The number of hydrogen-bond donors (Lipinski definition) is 0. The van der Waals surface area contributed by atoms with Crippen molar-refractivity contribution >= 4 is 22.3 Å². The molecule has 0 saturated carbocycles. The molecule has 5 rings (SSSR count). The minimum absolute atomic E-state index is 0.523. The van der Waals surface area contributed by atoms with Gasteiger partial charge in [-0.3, -0.25) is 4.98 Å². The van der Waals surface area contributed by atoms with Crippen LogP contribution in [0.5, 0.6) is 0 Å². The first-order valence-electron chi connectivity index (χ1n) is 12.4. The lowest BCUT2D eigenvalue weighted by Crippen LogP contribution is -2.16. The van der Waals surface area contributed by atoms with Gasteiger partial charge in [-0.1, -0.05) is 64.9 Å². The van der Waals surface area contributed by atoms with Gasteiger partial charge in [0, 0.05) is 11.1 Å². The summed E-state index contributed by atoms with van der Waals surface area (Å²) in [7, 11) is 1.54. The molecule has 0 bridgehead atoms. The lowest BCUT2D eigenvalue weighted by molar-refractivity contribution is 0.141. The van der Waals surface area contributed by atoms with Gasteiger partial charge in [0.15, 0.2) is 0 Å². The van der Waals surface area contributed by atoms with Crippen LogP contribution in [-0.2, 0) is 22.5 Å². The van der Waals surface area contributed by atoms with Crippen molar-refractivity contribution in [3.05, 3.63) is 95.4 Å². The second-order valence-corrected chi connectivity index (χ2v) is 8.90. The van der Waals surface area contributed by atoms with Crippen molar-refractivity contribution in [1.29, 1.82) is 0 Å². The Bertz CT molecular complexity index is 1410. The molecule has 2 aromatic carbocycles. The van der Waals surface area contributed by atoms with E-state index in [2.05, 4.69) is 63.8 Å². The van der Waals surface area contributed by atoms with Crippen LogP contribution in [0.1, 0.15) is 48.8 Å². The van der Waals surface area contributed by atoms with Gasteiger partial charge in [-0.15, -0.1) is 0 Å². The summed E-state index contributed by atoms with van der Waals surface area (Å²) in [5.74, 6) is 0. The van der Waals surface area contributed by atoms with Gasteiger partial charge in [0.25, 0.3) is 0 Å². The fourth-order valence-corrected chi connectivity index (χ4v) is 4.75. The number of aryl methyl sites for hydroxylation is 1. The number of aromatic nitrogens is 2. The Hall–Kier alpha value is -4.06. The second-order valence-electron chi connectivity index (χ2n) is 8.90. The van der Waals surface area contributed by atoms with E-state index in [1.165, 1.54) is 29.2 Å². The van der Waals surface area contributed by atoms with E-state index >= 15 is 0 Å². The minimum Gasteiger partial charge on any atom is -0.399 e. The van der Waals surface area contributed by atoms with Crippen molar-refractivity contribution in [3.8, 4) is 11.1 Å². The zero-order valence-electron chi connectivity index (χ0n) is 20.8. The molecule has 182 valence electrons. The Morgan fingerprint density at radius 2 is 1.75 bits per heavy atom. The molecule has 0 unspecified atom stereocenters. The number of oxime groups is 2. The molecule has 0 atom stereocenters. The number of benzene rings is 2. The molecule has 0 spiro atoms. The predicted molar refractivity (Wildman–Crippen MR) is 144 cm³/mol. The summed E-state index contributed by atoms with van der Waals surface area (Å²) in [4.78, 5) is 20.4. The third-order valence-electron chi connectivity index (χ3n) is 6.42. The van der Waals surface area contributed by atoms with Crippen LogP contribution in [0.2, 0.25) is 0 Å².